The van der Waals surface area contributed by atoms with Crippen LogP contribution in [0.2, 0.25) is 0 Å². The van der Waals surface area contributed by atoms with Gasteiger partial charge in [-0.1, -0.05) is 30.3 Å². The van der Waals surface area contributed by atoms with Crippen molar-refractivity contribution in [3.05, 3.63) is 89.6 Å². The van der Waals surface area contributed by atoms with Crippen LogP contribution in [0.3, 0.4) is 0 Å². The molecule has 1 saturated heterocycles. The summed E-state index contributed by atoms with van der Waals surface area (Å²) in [6, 6.07) is 17.9. The molecule has 1 fully saturated rings. The van der Waals surface area contributed by atoms with Gasteiger partial charge in [0, 0.05) is 11.8 Å². The zero-order chi connectivity index (χ0) is 22.0. The Morgan fingerprint density at radius 1 is 0.935 bits per heavy atom. The fourth-order valence-electron chi connectivity index (χ4n) is 3.59. The number of carbonyl (C=O) groups is 2. The molecule has 0 bridgehead atoms. The molecule has 1 aliphatic rings. The number of nitrogens with zero attached hydrogens (tertiary/aromatic N) is 2. The molecule has 1 aromatic heterocycles. The predicted octanol–water partition coefficient (Wildman–Crippen LogP) is 3.73. The number of aliphatic hydroxyl groups excluding tert-OH is 1. The molecular formula is C24H20N2O5. The van der Waals surface area contributed by atoms with Gasteiger partial charge in [-0.2, -0.15) is 0 Å². The van der Waals surface area contributed by atoms with Gasteiger partial charge in [0.05, 0.1) is 25.8 Å². The topological polar surface area (TPSA) is 89.0 Å². The summed E-state index contributed by atoms with van der Waals surface area (Å²) in [6.45, 7) is 0. The largest absolute Gasteiger partial charge is 0.507 e. The average Bonchev–Trinajstić information content (AvgIpc) is 3.09. The number of methoxy groups -OCH3 is 2. The maximum Gasteiger partial charge on any atom is 0.301 e. The molecule has 1 aliphatic heterocycles. The highest BCUT2D eigenvalue weighted by atomic mass is 16.5. The number of Topliss-reactive ketones (excluding diaryl/α,β-unsaturated/α-hetero) is 1. The number of carbonyl (C=O) groups excluding carboxylic acids is 2. The van der Waals surface area contributed by atoms with Gasteiger partial charge in [0.15, 0.2) is 0 Å². The summed E-state index contributed by atoms with van der Waals surface area (Å²) in [4.78, 5) is 31.7. The number of amides is 1. The normalized spacial score (nSPS) is 17.6. The molecule has 1 N–H and O–H groups in total. The lowest BCUT2D eigenvalue weighted by molar-refractivity contribution is -0.132. The van der Waals surface area contributed by atoms with Gasteiger partial charge in [-0.05, 0) is 42.0 Å². The van der Waals surface area contributed by atoms with Gasteiger partial charge in [0.25, 0.3) is 5.78 Å². The first-order chi connectivity index (χ1) is 15.0. The third-order valence-corrected chi connectivity index (χ3v) is 5.12. The number of hydrogen-bond acceptors (Lipinski definition) is 6. The lowest BCUT2D eigenvalue weighted by Crippen LogP contribution is -2.30. The van der Waals surface area contributed by atoms with Crippen LogP contribution in [0.25, 0.3) is 5.76 Å². The number of hydrogen-bond donors (Lipinski definition) is 1. The summed E-state index contributed by atoms with van der Waals surface area (Å²) in [6.07, 6.45) is 1.54. The molecule has 0 spiro atoms. The monoisotopic (exact) mass is 416 g/mol. The Balaban J connectivity index is 1.93. The number of aromatic nitrogens is 1. The van der Waals surface area contributed by atoms with Crippen molar-refractivity contribution in [1.29, 1.82) is 0 Å². The molecule has 0 radical (unpaired) electrons. The molecule has 3 aromatic rings. The predicted molar refractivity (Wildman–Crippen MR) is 115 cm³/mol. The third-order valence-electron chi connectivity index (χ3n) is 5.12. The van der Waals surface area contributed by atoms with E-state index in [1.165, 1.54) is 12.0 Å². The average molecular weight is 416 g/mol. The molecule has 4 rings (SSSR count). The van der Waals surface area contributed by atoms with Crippen molar-refractivity contribution in [2.45, 2.75) is 6.04 Å². The number of benzene rings is 2. The van der Waals surface area contributed by atoms with E-state index in [1.54, 1.807) is 80.0 Å². The van der Waals surface area contributed by atoms with Crippen molar-refractivity contribution in [3.63, 3.8) is 0 Å². The summed E-state index contributed by atoms with van der Waals surface area (Å²) in [5.41, 5.74) is 0.987. The van der Waals surface area contributed by atoms with Crippen molar-refractivity contribution < 1.29 is 24.2 Å². The second kappa shape index (κ2) is 8.31. The van der Waals surface area contributed by atoms with Gasteiger partial charge in [0.2, 0.25) is 0 Å². The highest BCUT2D eigenvalue weighted by molar-refractivity contribution is 6.51. The van der Waals surface area contributed by atoms with Crippen LogP contribution in [0.5, 0.6) is 11.5 Å². The van der Waals surface area contributed by atoms with Crippen LogP contribution in [-0.2, 0) is 9.59 Å². The number of aliphatic hydroxyl groups is 1. The summed E-state index contributed by atoms with van der Waals surface area (Å²) < 4.78 is 10.4. The molecule has 0 saturated carbocycles. The van der Waals surface area contributed by atoms with E-state index in [1.807, 2.05) is 0 Å². The van der Waals surface area contributed by atoms with Crippen LogP contribution in [0.4, 0.5) is 5.82 Å². The Kier molecular flexibility index (Phi) is 5.41. The highest BCUT2D eigenvalue weighted by Gasteiger charge is 2.47. The fraction of sp³-hybridized carbons (Fsp3) is 0.125. The quantitative estimate of drug-likeness (QED) is 0.387. The van der Waals surface area contributed by atoms with Crippen molar-refractivity contribution in [2.75, 3.05) is 19.1 Å². The molecule has 1 amide bonds. The van der Waals surface area contributed by atoms with E-state index < -0.39 is 17.7 Å². The van der Waals surface area contributed by atoms with Gasteiger partial charge in [0.1, 0.15) is 23.1 Å². The van der Waals surface area contributed by atoms with Gasteiger partial charge in [-0.25, -0.2) is 4.98 Å². The zero-order valence-electron chi connectivity index (χ0n) is 17.0. The molecule has 31 heavy (non-hydrogen) atoms. The Morgan fingerprint density at radius 3 is 2.32 bits per heavy atom. The maximum atomic E-state index is 13.1. The second-order valence-corrected chi connectivity index (χ2v) is 6.86. The smallest absolute Gasteiger partial charge is 0.301 e. The summed E-state index contributed by atoms with van der Waals surface area (Å²) in [7, 11) is 3.06. The Morgan fingerprint density at radius 2 is 1.68 bits per heavy atom. The molecule has 0 aliphatic carbocycles. The molecule has 156 valence electrons. The van der Waals surface area contributed by atoms with Crippen molar-refractivity contribution >= 4 is 23.3 Å². The van der Waals surface area contributed by atoms with E-state index in [9.17, 15) is 14.7 Å². The number of ether oxygens (including phenoxy) is 2. The molecule has 7 nitrogen and oxygen atoms in total. The summed E-state index contributed by atoms with van der Waals surface area (Å²) in [5, 5.41) is 11.1. The molecule has 2 heterocycles. The minimum Gasteiger partial charge on any atom is -0.507 e. The summed E-state index contributed by atoms with van der Waals surface area (Å²) in [5.74, 6) is -0.363. The lowest BCUT2D eigenvalue weighted by atomic mass is 9.95. The van der Waals surface area contributed by atoms with Crippen molar-refractivity contribution in [3.8, 4) is 11.5 Å². The van der Waals surface area contributed by atoms with Crippen LogP contribution in [0, 0.1) is 0 Å². The van der Waals surface area contributed by atoms with Crippen molar-refractivity contribution in [1.82, 2.24) is 4.98 Å². The number of rotatable bonds is 5. The molecule has 1 atom stereocenters. The molecular weight excluding hydrogens is 396 g/mol. The minimum absolute atomic E-state index is 0.0194. The lowest BCUT2D eigenvalue weighted by Gasteiger charge is -2.24. The first-order valence-electron chi connectivity index (χ1n) is 9.55. The van der Waals surface area contributed by atoms with Crippen LogP contribution in [-0.4, -0.2) is 36.0 Å². The SMILES string of the molecule is COc1ccc([C@@H]2/C(=C(\O)c3cccc(OC)c3)C(=O)C(=O)N2c2ccccn2)cc1. The van der Waals surface area contributed by atoms with E-state index >= 15 is 0 Å². The minimum atomic E-state index is -0.855. The zero-order valence-corrected chi connectivity index (χ0v) is 17.0. The number of ketones is 1. The summed E-state index contributed by atoms with van der Waals surface area (Å²) >= 11 is 0. The first kappa shape index (κ1) is 20.2. The van der Waals surface area contributed by atoms with Crippen LogP contribution in [0.15, 0.2) is 78.5 Å². The van der Waals surface area contributed by atoms with E-state index in [-0.39, 0.29) is 11.3 Å². The Bertz CT molecular complexity index is 1160. The van der Waals surface area contributed by atoms with E-state index in [4.69, 9.17) is 9.47 Å². The highest BCUT2D eigenvalue weighted by Crippen LogP contribution is 2.42. The van der Waals surface area contributed by atoms with Gasteiger partial charge in [-0.15, -0.1) is 0 Å². The Labute approximate surface area is 179 Å². The first-order valence-corrected chi connectivity index (χ1v) is 9.55. The van der Waals surface area contributed by atoms with Crippen LogP contribution >= 0.6 is 0 Å². The molecule has 7 heteroatoms. The maximum absolute atomic E-state index is 13.1. The number of anilines is 1. The van der Waals surface area contributed by atoms with E-state index in [0.717, 1.165) is 0 Å². The van der Waals surface area contributed by atoms with Gasteiger partial charge >= 0.3 is 5.91 Å². The van der Waals surface area contributed by atoms with E-state index in [2.05, 4.69) is 4.98 Å². The molecule has 2 aromatic carbocycles. The van der Waals surface area contributed by atoms with Gasteiger partial charge in [-0.3, -0.25) is 14.5 Å². The third kappa shape index (κ3) is 3.61. The van der Waals surface area contributed by atoms with Gasteiger partial charge < -0.3 is 14.6 Å². The number of pyridine rings is 1. The molecule has 0 unspecified atom stereocenters. The fourth-order valence-corrected chi connectivity index (χ4v) is 3.59. The Hall–Kier alpha value is -4.13. The standard InChI is InChI=1S/C24H20N2O5/c1-30-17-11-9-15(10-12-17)21-20(22(27)16-6-5-7-18(14-16)31-2)23(28)24(29)26(21)19-8-3-4-13-25-19/h3-14,21,27H,1-2H3/b22-20+/t21-/m1/s1. The van der Waals surface area contributed by atoms with Crippen LogP contribution < -0.4 is 14.4 Å². The van der Waals surface area contributed by atoms with Crippen LogP contribution in [0.1, 0.15) is 17.2 Å². The second-order valence-electron chi connectivity index (χ2n) is 6.86. The van der Waals surface area contributed by atoms with E-state index in [0.29, 0.717) is 28.4 Å². The van der Waals surface area contributed by atoms with Crippen molar-refractivity contribution in [2.24, 2.45) is 0 Å².